The number of nitrogen functional groups attached to an aromatic ring is 2. The lowest BCUT2D eigenvalue weighted by atomic mass is 9.85. The molecule has 0 bridgehead atoms. The fraction of sp³-hybridized carbons (Fsp3) is 0.545. The minimum atomic E-state index is -1.59. The molecule has 1 aliphatic rings. The third-order valence-electron chi connectivity index (χ3n) is 3.26. The summed E-state index contributed by atoms with van der Waals surface area (Å²) in [5, 5.41) is 7.98. The van der Waals surface area contributed by atoms with E-state index in [-0.39, 0.29) is 17.5 Å². The molecule has 6 heteroatoms. The Hall–Kier alpha value is -1.72. The van der Waals surface area contributed by atoms with Gasteiger partial charge in [-0.05, 0) is 25.7 Å². The Morgan fingerprint density at radius 1 is 1.35 bits per heavy atom. The summed E-state index contributed by atoms with van der Waals surface area (Å²) in [6.07, 6.45) is 6.29. The van der Waals surface area contributed by atoms with Crippen molar-refractivity contribution in [2.75, 3.05) is 11.5 Å². The van der Waals surface area contributed by atoms with Crippen molar-refractivity contribution in [3.8, 4) is 0 Å². The molecular weight excluding hydrogens is 221 g/mol. The summed E-state index contributed by atoms with van der Waals surface area (Å²) < 4.78 is 15.9. The van der Waals surface area contributed by atoms with Crippen LogP contribution in [0.1, 0.15) is 32.1 Å². The van der Waals surface area contributed by atoms with Crippen LogP contribution in [0.25, 0.3) is 0 Å². The number of nitrogens with two attached hydrogens (primary N) is 2. The quantitative estimate of drug-likeness (QED) is 0.387. The molecule has 0 amide bonds. The van der Waals surface area contributed by atoms with Crippen molar-refractivity contribution < 1.29 is 8.96 Å². The average molecular weight is 238 g/mol. The fourth-order valence-corrected chi connectivity index (χ4v) is 2.21. The van der Waals surface area contributed by atoms with E-state index in [1.165, 1.54) is 17.0 Å². The van der Waals surface area contributed by atoms with Crippen molar-refractivity contribution in [3.05, 3.63) is 12.4 Å². The summed E-state index contributed by atoms with van der Waals surface area (Å²) >= 11 is 0. The number of rotatable bonds is 1. The molecule has 0 spiro atoms. The van der Waals surface area contributed by atoms with Crippen molar-refractivity contribution in [3.63, 3.8) is 0 Å². The molecule has 0 radical (unpaired) electrons. The highest BCUT2D eigenvalue weighted by molar-refractivity contribution is 5.81. The number of alkyl halides is 1. The molecule has 1 aliphatic carbocycles. The van der Waals surface area contributed by atoms with Crippen LogP contribution in [0.5, 0.6) is 0 Å². The van der Waals surface area contributed by atoms with Gasteiger partial charge in [-0.15, -0.1) is 0 Å². The summed E-state index contributed by atoms with van der Waals surface area (Å²) in [5.41, 5.74) is 9.68. The molecule has 1 aromatic rings. The van der Waals surface area contributed by atoms with E-state index in [0.717, 1.165) is 19.3 Å². The van der Waals surface area contributed by atoms with E-state index in [1.54, 1.807) is 0 Å². The molecule has 1 saturated carbocycles. The molecule has 0 atom stereocenters. The highest BCUT2D eigenvalue weighted by Gasteiger charge is 2.42. The standard InChI is InChI=1S/C11H16FN5/c12-11(4-2-1-3-5-11)10(15)17-7-6-16-8(13)9(17)14/h6-7,14-15H,1-5H2,(H2,13,16)/p+1. The van der Waals surface area contributed by atoms with Gasteiger partial charge < -0.3 is 11.5 Å². The lowest BCUT2D eigenvalue weighted by Gasteiger charge is -2.27. The van der Waals surface area contributed by atoms with Gasteiger partial charge in [-0.2, -0.15) is 9.98 Å². The molecule has 0 saturated heterocycles. The predicted molar refractivity (Wildman–Crippen MR) is 63.3 cm³/mol. The maximum atomic E-state index is 14.6. The third-order valence-corrected chi connectivity index (χ3v) is 3.26. The summed E-state index contributed by atoms with van der Waals surface area (Å²) in [5.74, 6) is 0.112. The van der Waals surface area contributed by atoms with Crippen molar-refractivity contribution in [1.82, 2.24) is 4.98 Å². The zero-order chi connectivity index (χ0) is 12.5. The first-order chi connectivity index (χ1) is 8.04. The predicted octanol–water partition coefficient (Wildman–Crippen LogP) is 1.03. The Balaban J connectivity index is 2.33. The molecule has 5 N–H and O–H groups in total. The normalized spacial score (nSPS) is 18.9. The molecule has 0 aliphatic heterocycles. The highest BCUT2D eigenvalue weighted by atomic mass is 19.1. The van der Waals surface area contributed by atoms with Crippen LogP contribution in [0.15, 0.2) is 12.4 Å². The molecule has 0 aromatic carbocycles. The summed E-state index contributed by atoms with van der Waals surface area (Å²) in [6, 6.07) is 0. The average Bonchev–Trinajstić information content (AvgIpc) is 2.33. The Bertz CT molecular complexity index is 439. The van der Waals surface area contributed by atoms with Gasteiger partial charge in [0, 0.05) is 0 Å². The van der Waals surface area contributed by atoms with Gasteiger partial charge in [0.15, 0.2) is 11.5 Å². The first-order valence-corrected chi connectivity index (χ1v) is 5.74. The smallest absolute Gasteiger partial charge is 0.272 e. The maximum Gasteiger partial charge on any atom is 0.272 e. The molecule has 17 heavy (non-hydrogen) atoms. The van der Waals surface area contributed by atoms with Crippen LogP contribution < -0.4 is 16.0 Å². The van der Waals surface area contributed by atoms with E-state index in [0.29, 0.717) is 12.8 Å². The molecule has 92 valence electrons. The second kappa shape index (κ2) is 4.27. The number of anilines is 2. The first kappa shape index (κ1) is 11.8. The van der Waals surface area contributed by atoms with Crippen molar-refractivity contribution >= 4 is 17.5 Å². The van der Waals surface area contributed by atoms with Crippen molar-refractivity contribution in [2.45, 2.75) is 37.8 Å². The maximum absolute atomic E-state index is 14.6. The van der Waals surface area contributed by atoms with E-state index in [4.69, 9.17) is 16.9 Å². The minimum Gasteiger partial charge on any atom is -0.378 e. The fourth-order valence-electron chi connectivity index (χ4n) is 2.21. The SMILES string of the molecule is N=C([n+]1ccnc(N)c1N)C1(F)CCCCC1. The summed E-state index contributed by atoms with van der Waals surface area (Å²) in [7, 11) is 0. The first-order valence-electron chi connectivity index (χ1n) is 5.74. The molecule has 1 fully saturated rings. The van der Waals surface area contributed by atoms with Gasteiger partial charge in [0.2, 0.25) is 0 Å². The highest BCUT2D eigenvalue weighted by Crippen LogP contribution is 2.32. The molecular formula is C11H17FN5+. The Morgan fingerprint density at radius 2 is 2.00 bits per heavy atom. The number of aromatic nitrogens is 2. The molecule has 5 nitrogen and oxygen atoms in total. The number of hydrogen-bond donors (Lipinski definition) is 3. The zero-order valence-electron chi connectivity index (χ0n) is 9.62. The van der Waals surface area contributed by atoms with E-state index < -0.39 is 5.67 Å². The Morgan fingerprint density at radius 3 is 2.65 bits per heavy atom. The van der Waals surface area contributed by atoms with Gasteiger partial charge in [-0.25, -0.2) is 9.37 Å². The second-order valence-electron chi connectivity index (χ2n) is 4.44. The van der Waals surface area contributed by atoms with Crippen LogP contribution in [-0.4, -0.2) is 16.5 Å². The minimum absolute atomic E-state index is 0.122. The number of nitrogens with one attached hydrogen (secondary N) is 1. The Kier molecular flexibility index (Phi) is 2.95. The van der Waals surface area contributed by atoms with E-state index >= 15 is 0 Å². The number of nitrogens with zero attached hydrogens (tertiary/aromatic N) is 2. The van der Waals surface area contributed by atoms with Gasteiger partial charge in [0.1, 0.15) is 0 Å². The largest absolute Gasteiger partial charge is 0.378 e. The summed E-state index contributed by atoms with van der Waals surface area (Å²) in [6.45, 7) is 0. The van der Waals surface area contributed by atoms with Crippen molar-refractivity contribution in [2.24, 2.45) is 0 Å². The third kappa shape index (κ3) is 2.07. The van der Waals surface area contributed by atoms with Crippen LogP contribution in [0, 0.1) is 5.41 Å². The lowest BCUT2D eigenvalue weighted by Crippen LogP contribution is -2.56. The van der Waals surface area contributed by atoms with Gasteiger partial charge in [-0.1, -0.05) is 6.42 Å². The van der Waals surface area contributed by atoms with E-state index in [1.807, 2.05) is 0 Å². The monoisotopic (exact) mass is 238 g/mol. The molecule has 2 rings (SSSR count). The van der Waals surface area contributed by atoms with Gasteiger partial charge >= 0.3 is 0 Å². The second-order valence-corrected chi connectivity index (χ2v) is 4.44. The van der Waals surface area contributed by atoms with E-state index in [9.17, 15) is 4.39 Å². The molecule has 0 unspecified atom stereocenters. The Labute approximate surface area is 99.2 Å². The van der Waals surface area contributed by atoms with Crippen LogP contribution in [0.4, 0.5) is 16.0 Å². The van der Waals surface area contributed by atoms with Gasteiger partial charge in [0.05, 0.1) is 12.4 Å². The van der Waals surface area contributed by atoms with Gasteiger partial charge in [-0.3, -0.25) is 0 Å². The lowest BCUT2D eigenvalue weighted by molar-refractivity contribution is -0.548. The van der Waals surface area contributed by atoms with Crippen LogP contribution >= 0.6 is 0 Å². The van der Waals surface area contributed by atoms with Crippen LogP contribution in [0.3, 0.4) is 0 Å². The van der Waals surface area contributed by atoms with Crippen LogP contribution in [-0.2, 0) is 0 Å². The van der Waals surface area contributed by atoms with Gasteiger partial charge in [0.25, 0.3) is 11.7 Å². The van der Waals surface area contributed by atoms with Crippen molar-refractivity contribution in [1.29, 1.82) is 5.41 Å². The molecule has 1 heterocycles. The topological polar surface area (TPSA) is 92.7 Å². The zero-order valence-corrected chi connectivity index (χ0v) is 9.62. The van der Waals surface area contributed by atoms with E-state index in [2.05, 4.69) is 4.98 Å². The molecule has 1 aromatic heterocycles. The number of halogens is 1. The number of hydrogen-bond acceptors (Lipinski definition) is 4. The summed E-state index contributed by atoms with van der Waals surface area (Å²) in [4.78, 5) is 3.80. The van der Waals surface area contributed by atoms with Crippen LogP contribution in [0.2, 0.25) is 0 Å².